The van der Waals surface area contributed by atoms with Crippen LogP contribution in [-0.4, -0.2) is 40.2 Å². The van der Waals surface area contributed by atoms with E-state index in [-0.39, 0.29) is 17.6 Å². The van der Waals surface area contributed by atoms with Crippen molar-refractivity contribution in [1.29, 1.82) is 0 Å². The van der Waals surface area contributed by atoms with E-state index in [1.165, 1.54) is 0 Å². The number of methoxy groups -OCH3 is 1. The van der Waals surface area contributed by atoms with Gasteiger partial charge in [0.25, 0.3) is 0 Å². The fraction of sp³-hybridized carbons (Fsp3) is 0.571. The smallest absolute Gasteiger partial charge is 0.161 e. The summed E-state index contributed by atoms with van der Waals surface area (Å²) < 4.78 is 34.2. The van der Waals surface area contributed by atoms with Gasteiger partial charge in [0.2, 0.25) is 0 Å². The van der Waals surface area contributed by atoms with Gasteiger partial charge >= 0.3 is 0 Å². The minimum atomic E-state index is -3.09. The fourth-order valence-electron chi connectivity index (χ4n) is 1.65. The van der Waals surface area contributed by atoms with Crippen molar-refractivity contribution in [2.45, 2.75) is 25.6 Å². The lowest BCUT2D eigenvalue weighted by atomic mass is 10.2. The number of benzene rings is 1. The second-order valence-electron chi connectivity index (χ2n) is 4.78. The average molecular weight is 301 g/mol. The lowest BCUT2D eigenvalue weighted by Crippen LogP contribution is -2.22. The molecule has 0 atom stereocenters. The normalized spacial score (nSPS) is 11.7. The third-order valence-corrected chi connectivity index (χ3v) is 5.12. The molecule has 20 heavy (non-hydrogen) atoms. The maximum atomic E-state index is 11.7. The van der Waals surface area contributed by atoms with Crippen molar-refractivity contribution in [2.75, 3.05) is 26.5 Å². The Morgan fingerprint density at radius 1 is 1.25 bits per heavy atom. The van der Waals surface area contributed by atoms with Gasteiger partial charge in [-0.15, -0.1) is 0 Å². The average Bonchev–Trinajstić information content (AvgIpc) is 2.39. The zero-order chi connectivity index (χ0) is 15.2. The van der Waals surface area contributed by atoms with Crippen LogP contribution in [0.3, 0.4) is 0 Å². The van der Waals surface area contributed by atoms with Crippen molar-refractivity contribution in [1.82, 2.24) is 5.32 Å². The van der Waals surface area contributed by atoms with Crippen LogP contribution >= 0.6 is 0 Å². The third-order valence-electron chi connectivity index (χ3n) is 2.95. The first-order valence-electron chi connectivity index (χ1n) is 6.56. The molecular weight excluding hydrogens is 278 g/mol. The first-order chi connectivity index (χ1) is 9.40. The Balaban J connectivity index is 2.73. The molecule has 0 radical (unpaired) electrons. The number of hydrogen-bond acceptors (Lipinski definition) is 5. The Kier molecular flexibility index (Phi) is 6.29. The second kappa shape index (κ2) is 7.50. The van der Waals surface area contributed by atoms with E-state index in [0.29, 0.717) is 18.0 Å². The van der Waals surface area contributed by atoms with Gasteiger partial charge in [-0.2, -0.15) is 0 Å². The second-order valence-corrected chi connectivity index (χ2v) is 7.46. The van der Waals surface area contributed by atoms with Gasteiger partial charge in [0, 0.05) is 6.54 Å². The van der Waals surface area contributed by atoms with Crippen molar-refractivity contribution < 1.29 is 17.9 Å². The Morgan fingerprint density at radius 2 is 1.95 bits per heavy atom. The number of hydrogen-bond donors (Lipinski definition) is 1. The molecule has 0 bridgehead atoms. The van der Waals surface area contributed by atoms with Gasteiger partial charge in [0.05, 0.1) is 18.1 Å². The van der Waals surface area contributed by atoms with Crippen LogP contribution in [0.25, 0.3) is 0 Å². The fourth-order valence-corrected chi connectivity index (χ4v) is 2.44. The molecule has 0 aliphatic heterocycles. The van der Waals surface area contributed by atoms with Crippen molar-refractivity contribution in [3.63, 3.8) is 0 Å². The largest absolute Gasteiger partial charge is 0.493 e. The molecule has 0 amide bonds. The van der Waals surface area contributed by atoms with Crippen LogP contribution in [0, 0.1) is 0 Å². The predicted octanol–water partition coefficient (Wildman–Crippen LogP) is 1.62. The van der Waals surface area contributed by atoms with E-state index >= 15 is 0 Å². The summed E-state index contributed by atoms with van der Waals surface area (Å²) in [5, 5.41) is 2.67. The lowest BCUT2D eigenvalue weighted by molar-refractivity contribution is 0.311. The van der Waals surface area contributed by atoms with Crippen LogP contribution in [0.1, 0.15) is 19.4 Å². The van der Waals surface area contributed by atoms with Crippen LogP contribution in [0.15, 0.2) is 18.2 Å². The van der Waals surface area contributed by atoms with E-state index < -0.39 is 9.84 Å². The zero-order valence-electron chi connectivity index (χ0n) is 12.5. The summed E-state index contributed by atoms with van der Waals surface area (Å²) in [4.78, 5) is 0. The van der Waals surface area contributed by atoms with Gasteiger partial charge in [-0.1, -0.05) is 6.07 Å². The van der Waals surface area contributed by atoms with Crippen molar-refractivity contribution in [3.05, 3.63) is 23.8 Å². The highest BCUT2D eigenvalue weighted by atomic mass is 32.2. The molecule has 0 saturated heterocycles. The van der Waals surface area contributed by atoms with E-state index in [2.05, 4.69) is 5.32 Å². The van der Waals surface area contributed by atoms with Crippen LogP contribution < -0.4 is 14.8 Å². The van der Waals surface area contributed by atoms with E-state index in [1.807, 2.05) is 25.2 Å². The maximum absolute atomic E-state index is 11.7. The highest BCUT2D eigenvalue weighted by Gasteiger charge is 2.16. The van der Waals surface area contributed by atoms with E-state index in [4.69, 9.17) is 9.47 Å². The van der Waals surface area contributed by atoms with Crippen LogP contribution in [-0.2, 0) is 16.4 Å². The Labute approximate surface area is 121 Å². The van der Waals surface area contributed by atoms with E-state index in [0.717, 1.165) is 5.56 Å². The predicted molar refractivity (Wildman–Crippen MR) is 80.2 cm³/mol. The Morgan fingerprint density at radius 3 is 2.50 bits per heavy atom. The minimum absolute atomic E-state index is 0.00404. The first-order valence-corrected chi connectivity index (χ1v) is 8.28. The molecule has 114 valence electrons. The van der Waals surface area contributed by atoms with E-state index in [9.17, 15) is 8.42 Å². The van der Waals surface area contributed by atoms with Crippen molar-refractivity contribution in [3.8, 4) is 11.5 Å². The molecule has 1 rings (SSSR count). The molecule has 0 saturated carbocycles. The third kappa shape index (κ3) is 4.68. The van der Waals surface area contributed by atoms with Crippen LogP contribution in [0.2, 0.25) is 0 Å². The lowest BCUT2D eigenvalue weighted by Gasteiger charge is -2.13. The van der Waals surface area contributed by atoms with Gasteiger partial charge < -0.3 is 14.8 Å². The molecule has 5 nitrogen and oxygen atoms in total. The topological polar surface area (TPSA) is 64.6 Å². The van der Waals surface area contributed by atoms with E-state index in [1.54, 1.807) is 21.0 Å². The SMILES string of the molecule is CNCc1ccc(OC)c(OCCS(=O)(=O)C(C)C)c1. The monoisotopic (exact) mass is 301 g/mol. The summed E-state index contributed by atoms with van der Waals surface area (Å²) in [5.74, 6) is 1.18. The maximum Gasteiger partial charge on any atom is 0.161 e. The molecule has 0 spiro atoms. The Hall–Kier alpha value is -1.27. The molecule has 0 aromatic heterocycles. The minimum Gasteiger partial charge on any atom is -0.493 e. The van der Waals surface area contributed by atoms with Crippen LogP contribution in [0.4, 0.5) is 0 Å². The molecule has 0 heterocycles. The molecule has 0 fully saturated rings. The highest BCUT2D eigenvalue weighted by Crippen LogP contribution is 2.28. The summed E-state index contributed by atoms with van der Waals surface area (Å²) in [5.41, 5.74) is 1.05. The van der Waals surface area contributed by atoms with Crippen LogP contribution in [0.5, 0.6) is 11.5 Å². The summed E-state index contributed by atoms with van der Waals surface area (Å²) in [6.07, 6.45) is 0. The first kappa shape index (κ1) is 16.8. The molecule has 1 aromatic rings. The summed E-state index contributed by atoms with van der Waals surface area (Å²) in [7, 11) is 0.335. The molecular formula is C14H23NO4S. The quantitative estimate of drug-likeness (QED) is 0.790. The molecule has 1 N–H and O–H groups in total. The number of rotatable bonds is 8. The molecule has 0 aliphatic rings. The standard InChI is InChI=1S/C14H23NO4S/c1-11(2)20(16,17)8-7-19-14-9-12(10-15-3)5-6-13(14)18-4/h5-6,9,11,15H,7-8,10H2,1-4H3. The molecule has 6 heteroatoms. The highest BCUT2D eigenvalue weighted by molar-refractivity contribution is 7.91. The van der Waals surface area contributed by atoms with Gasteiger partial charge in [0.1, 0.15) is 6.61 Å². The van der Waals surface area contributed by atoms with Crippen molar-refractivity contribution >= 4 is 9.84 Å². The van der Waals surface area contributed by atoms with Gasteiger partial charge in [-0.05, 0) is 38.6 Å². The number of nitrogens with one attached hydrogen (secondary N) is 1. The summed E-state index contributed by atoms with van der Waals surface area (Å²) in [6, 6.07) is 5.61. The van der Waals surface area contributed by atoms with Gasteiger partial charge in [-0.3, -0.25) is 0 Å². The van der Waals surface area contributed by atoms with Crippen molar-refractivity contribution in [2.24, 2.45) is 0 Å². The molecule has 0 unspecified atom stereocenters. The number of sulfone groups is 1. The molecule has 1 aromatic carbocycles. The summed E-state index contributed by atoms with van der Waals surface area (Å²) in [6.45, 7) is 4.18. The summed E-state index contributed by atoms with van der Waals surface area (Å²) >= 11 is 0. The molecule has 0 aliphatic carbocycles. The Bertz CT molecular complexity index is 526. The zero-order valence-corrected chi connectivity index (χ0v) is 13.3. The van der Waals surface area contributed by atoms with Gasteiger partial charge in [-0.25, -0.2) is 8.42 Å². The van der Waals surface area contributed by atoms with Gasteiger partial charge in [0.15, 0.2) is 21.3 Å². The number of ether oxygens (including phenoxy) is 2.